The van der Waals surface area contributed by atoms with Gasteiger partial charge in [-0.25, -0.2) is 4.39 Å². The molecule has 0 saturated carbocycles. The van der Waals surface area contributed by atoms with Crippen molar-refractivity contribution in [3.63, 3.8) is 0 Å². The number of hydrogen-bond donors (Lipinski definition) is 2. The Kier molecular flexibility index (Phi) is 5.42. The van der Waals surface area contributed by atoms with Crippen LogP contribution in [0, 0.1) is 5.82 Å². The summed E-state index contributed by atoms with van der Waals surface area (Å²) in [6.45, 7) is 5.18. The second-order valence-electron chi connectivity index (χ2n) is 6.68. The van der Waals surface area contributed by atoms with Gasteiger partial charge in [-0.2, -0.15) is 0 Å². The molecule has 1 fully saturated rings. The van der Waals surface area contributed by atoms with Crippen molar-refractivity contribution < 1.29 is 19.0 Å². The summed E-state index contributed by atoms with van der Waals surface area (Å²) >= 11 is 0. The number of anilines is 2. The molecule has 6 heteroatoms. The van der Waals surface area contributed by atoms with Crippen LogP contribution in [-0.4, -0.2) is 36.3 Å². The number of amides is 1. The Balaban J connectivity index is 1.67. The number of carbonyl (C=O) groups is 1. The minimum atomic E-state index is -0.383. The van der Waals surface area contributed by atoms with Crippen molar-refractivity contribution in [2.45, 2.75) is 32.5 Å². The third-order valence-electron chi connectivity index (χ3n) is 4.33. The maximum atomic E-state index is 14.6. The lowest BCUT2D eigenvalue weighted by atomic mass is 10.1. The fraction of sp³-hybridized carbons (Fsp3) is 0.350. The molecule has 3 rings (SSSR count). The third kappa shape index (κ3) is 4.32. The molecule has 0 unspecified atom stereocenters. The summed E-state index contributed by atoms with van der Waals surface area (Å²) in [5.74, 6) is -0.626. The van der Waals surface area contributed by atoms with Crippen molar-refractivity contribution in [3.05, 3.63) is 53.8 Å². The van der Waals surface area contributed by atoms with E-state index >= 15 is 0 Å². The van der Waals surface area contributed by atoms with Gasteiger partial charge in [0.2, 0.25) is 5.91 Å². The Bertz CT molecular complexity index is 786. The fourth-order valence-corrected chi connectivity index (χ4v) is 3.25. The van der Waals surface area contributed by atoms with Crippen molar-refractivity contribution in [1.82, 2.24) is 0 Å². The van der Waals surface area contributed by atoms with Gasteiger partial charge in [-0.3, -0.25) is 4.79 Å². The van der Waals surface area contributed by atoms with Crippen LogP contribution in [0.15, 0.2) is 42.5 Å². The molecule has 0 spiro atoms. The van der Waals surface area contributed by atoms with Gasteiger partial charge in [-0.15, -0.1) is 0 Å². The molecule has 1 saturated heterocycles. The van der Waals surface area contributed by atoms with E-state index in [2.05, 4.69) is 5.32 Å². The van der Waals surface area contributed by atoms with Crippen molar-refractivity contribution >= 4 is 17.3 Å². The predicted molar refractivity (Wildman–Crippen MR) is 99.1 cm³/mol. The summed E-state index contributed by atoms with van der Waals surface area (Å²) in [5.41, 5.74) is 1.42. The molecule has 26 heavy (non-hydrogen) atoms. The molecule has 0 bridgehead atoms. The molecule has 0 radical (unpaired) electrons. The number of halogens is 1. The van der Waals surface area contributed by atoms with Gasteiger partial charge in [0.05, 0.1) is 24.3 Å². The van der Waals surface area contributed by atoms with E-state index in [1.807, 2.05) is 18.7 Å². The monoisotopic (exact) mass is 358 g/mol. The zero-order valence-electron chi connectivity index (χ0n) is 14.9. The minimum Gasteiger partial charge on any atom is -0.508 e. The zero-order chi connectivity index (χ0) is 18.7. The Hall–Kier alpha value is -2.60. The summed E-state index contributed by atoms with van der Waals surface area (Å²) in [6.07, 6.45) is 0.0984. The maximum Gasteiger partial charge on any atom is 0.228 e. The van der Waals surface area contributed by atoms with Crippen LogP contribution in [0.25, 0.3) is 0 Å². The standard InChI is InChI=1S/C20H23FN2O3/c1-13-11-23(12-14(2)26-13)18-8-7-16(10-17(18)21)22-20(25)9-15-5-3-4-6-19(15)24/h3-8,10,13-14,24H,9,11-12H2,1-2H3,(H,22,25)/t13-,14-/m0/s1. The van der Waals surface area contributed by atoms with Crippen molar-refractivity contribution in [2.24, 2.45) is 0 Å². The molecule has 1 aliphatic rings. The van der Waals surface area contributed by atoms with E-state index in [0.717, 1.165) is 0 Å². The molecule has 2 aromatic carbocycles. The van der Waals surface area contributed by atoms with Crippen LogP contribution < -0.4 is 10.2 Å². The molecule has 138 valence electrons. The van der Waals surface area contributed by atoms with Crippen LogP contribution in [0.2, 0.25) is 0 Å². The van der Waals surface area contributed by atoms with Gasteiger partial charge in [-0.1, -0.05) is 18.2 Å². The summed E-state index contributed by atoms with van der Waals surface area (Å²) in [5, 5.41) is 12.4. The second kappa shape index (κ2) is 7.74. The van der Waals surface area contributed by atoms with Gasteiger partial charge in [0.1, 0.15) is 11.6 Å². The second-order valence-corrected chi connectivity index (χ2v) is 6.68. The number of nitrogens with one attached hydrogen (secondary N) is 1. The van der Waals surface area contributed by atoms with E-state index in [4.69, 9.17) is 4.74 Å². The van der Waals surface area contributed by atoms with Crippen LogP contribution in [0.4, 0.5) is 15.8 Å². The highest BCUT2D eigenvalue weighted by atomic mass is 19.1. The lowest BCUT2D eigenvalue weighted by Gasteiger charge is -2.37. The van der Waals surface area contributed by atoms with E-state index in [1.54, 1.807) is 30.3 Å². The first-order valence-corrected chi connectivity index (χ1v) is 8.69. The van der Waals surface area contributed by atoms with Crippen molar-refractivity contribution in [1.29, 1.82) is 0 Å². The zero-order valence-corrected chi connectivity index (χ0v) is 14.9. The molecule has 1 heterocycles. The topological polar surface area (TPSA) is 61.8 Å². The van der Waals surface area contributed by atoms with Crippen LogP contribution in [0.1, 0.15) is 19.4 Å². The lowest BCUT2D eigenvalue weighted by Crippen LogP contribution is -2.45. The first kappa shape index (κ1) is 18.2. The Morgan fingerprint density at radius 3 is 2.58 bits per heavy atom. The molecule has 2 atom stereocenters. The first-order chi connectivity index (χ1) is 12.4. The number of morpholine rings is 1. The summed E-state index contributed by atoms with van der Waals surface area (Å²) in [6, 6.07) is 11.3. The lowest BCUT2D eigenvalue weighted by molar-refractivity contribution is -0.115. The van der Waals surface area contributed by atoms with Crippen molar-refractivity contribution in [3.8, 4) is 5.75 Å². The van der Waals surface area contributed by atoms with E-state index in [1.165, 1.54) is 12.1 Å². The molecule has 5 nitrogen and oxygen atoms in total. The quantitative estimate of drug-likeness (QED) is 0.880. The van der Waals surface area contributed by atoms with Crippen LogP contribution in [0.3, 0.4) is 0 Å². The van der Waals surface area contributed by atoms with Gasteiger partial charge in [0, 0.05) is 24.3 Å². The first-order valence-electron chi connectivity index (χ1n) is 8.69. The number of phenols is 1. The van der Waals surface area contributed by atoms with Crippen LogP contribution in [0.5, 0.6) is 5.75 Å². The summed E-state index contributed by atoms with van der Waals surface area (Å²) < 4.78 is 20.2. The number of nitrogens with zero attached hydrogens (tertiary/aromatic N) is 1. The van der Waals surface area contributed by atoms with E-state index in [0.29, 0.717) is 30.0 Å². The maximum absolute atomic E-state index is 14.6. The largest absolute Gasteiger partial charge is 0.508 e. The van der Waals surface area contributed by atoms with Gasteiger partial charge in [0.25, 0.3) is 0 Å². The average Bonchev–Trinajstić information content (AvgIpc) is 2.56. The predicted octanol–water partition coefficient (Wildman–Crippen LogP) is 3.33. The highest BCUT2D eigenvalue weighted by Gasteiger charge is 2.24. The molecular formula is C20H23FN2O3. The molecule has 0 aliphatic carbocycles. The molecule has 1 amide bonds. The minimum absolute atomic E-state index is 0.0224. The Morgan fingerprint density at radius 2 is 1.92 bits per heavy atom. The smallest absolute Gasteiger partial charge is 0.228 e. The molecule has 2 N–H and O–H groups in total. The highest BCUT2D eigenvalue weighted by molar-refractivity contribution is 5.92. The SMILES string of the molecule is C[C@H]1CN(c2ccc(NC(=O)Cc3ccccc3O)cc2F)C[C@H](C)O1. The van der Waals surface area contributed by atoms with Crippen LogP contribution >= 0.6 is 0 Å². The Morgan fingerprint density at radius 1 is 1.23 bits per heavy atom. The number of rotatable bonds is 4. The molecule has 1 aliphatic heterocycles. The molecule has 0 aromatic heterocycles. The molecular weight excluding hydrogens is 335 g/mol. The normalized spacial score (nSPS) is 20.0. The van der Waals surface area contributed by atoms with E-state index in [-0.39, 0.29) is 36.1 Å². The van der Waals surface area contributed by atoms with Crippen molar-refractivity contribution in [2.75, 3.05) is 23.3 Å². The van der Waals surface area contributed by atoms with Gasteiger partial charge < -0.3 is 20.1 Å². The number of aromatic hydroxyl groups is 1. The number of hydrogen-bond acceptors (Lipinski definition) is 4. The highest BCUT2D eigenvalue weighted by Crippen LogP contribution is 2.26. The number of carbonyl (C=O) groups excluding carboxylic acids is 1. The van der Waals surface area contributed by atoms with Gasteiger partial charge in [0.15, 0.2) is 0 Å². The number of phenolic OH excluding ortho intramolecular Hbond substituents is 1. The van der Waals surface area contributed by atoms with Gasteiger partial charge in [-0.05, 0) is 38.1 Å². The summed E-state index contributed by atoms with van der Waals surface area (Å²) in [7, 11) is 0. The van der Waals surface area contributed by atoms with E-state index < -0.39 is 0 Å². The third-order valence-corrected chi connectivity index (χ3v) is 4.33. The van der Waals surface area contributed by atoms with Gasteiger partial charge >= 0.3 is 0 Å². The summed E-state index contributed by atoms with van der Waals surface area (Å²) in [4.78, 5) is 14.1. The van der Waals surface area contributed by atoms with Crippen LogP contribution in [-0.2, 0) is 16.0 Å². The average molecular weight is 358 g/mol. The van der Waals surface area contributed by atoms with E-state index in [9.17, 15) is 14.3 Å². The fourth-order valence-electron chi connectivity index (χ4n) is 3.25. The number of ether oxygens (including phenoxy) is 1. The Labute approximate surface area is 152 Å². The molecule has 2 aromatic rings. The number of benzene rings is 2. The number of para-hydroxylation sites is 1.